The Labute approximate surface area is 125 Å². The summed E-state index contributed by atoms with van der Waals surface area (Å²) < 4.78 is 7.08. The van der Waals surface area contributed by atoms with Crippen molar-refractivity contribution in [2.45, 2.75) is 18.6 Å². The van der Waals surface area contributed by atoms with E-state index in [-0.39, 0.29) is 12.1 Å². The van der Waals surface area contributed by atoms with Crippen LogP contribution in [0, 0.1) is 0 Å². The first kappa shape index (κ1) is 13.0. The van der Waals surface area contributed by atoms with Crippen LogP contribution < -0.4 is 10.5 Å². The summed E-state index contributed by atoms with van der Waals surface area (Å²) in [4.78, 5) is 0. The highest BCUT2D eigenvalue weighted by Crippen LogP contribution is 2.40. The van der Waals surface area contributed by atoms with Crippen LogP contribution in [0.1, 0.15) is 29.7 Å². The fraction of sp³-hybridized carbons (Fsp3) is 0.200. The number of fused-ring (bicyclic) bond motifs is 1. The van der Waals surface area contributed by atoms with Crippen molar-refractivity contribution in [2.75, 3.05) is 0 Å². The number of benzene rings is 2. The summed E-state index contributed by atoms with van der Waals surface area (Å²) in [5.74, 6) is 0.827. The van der Waals surface area contributed by atoms with Gasteiger partial charge in [0.25, 0.3) is 0 Å². The van der Waals surface area contributed by atoms with Crippen molar-refractivity contribution < 1.29 is 4.74 Å². The summed E-state index contributed by atoms with van der Waals surface area (Å²) in [6.45, 7) is 0. The standard InChI is InChI=1S/C15H13BrClNO/c16-10-3-1-2-9(6-10)15-8-13(18)12-7-11(17)4-5-14(12)19-15/h1-7,13,15H,8,18H2/t13-,15?/m1/s1. The average molecular weight is 339 g/mol. The lowest BCUT2D eigenvalue weighted by Gasteiger charge is -2.30. The van der Waals surface area contributed by atoms with Crippen LogP contribution in [-0.2, 0) is 0 Å². The fourth-order valence-electron chi connectivity index (χ4n) is 2.39. The van der Waals surface area contributed by atoms with Gasteiger partial charge in [-0.3, -0.25) is 0 Å². The lowest BCUT2D eigenvalue weighted by Crippen LogP contribution is -2.24. The Balaban J connectivity index is 1.95. The molecule has 2 nitrogen and oxygen atoms in total. The van der Waals surface area contributed by atoms with Crippen molar-refractivity contribution in [2.24, 2.45) is 5.73 Å². The predicted molar refractivity (Wildman–Crippen MR) is 80.5 cm³/mol. The van der Waals surface area contributed by atoms with Gasteiger partial charge in [-0.1, -0.05) is 39.7 Å². The van der Waals surface area contributed by atoms with Crippen molar-refractivity contribution in [1.82, 2.24) is 0 Å². The Morgan fingerprint density at radius 3 is 2.84 bits per heavy atom. The largest absolute Gasteiger partial charge is 0.485 e. The summed E-state index contributed by atoms with van der Waals surface area (Å²) >= 11 is 9.48. The molecule has 3 rings (SSSR count). The van der Waals surface area contributed by atoms with Crippen LogP contribution in [0.3, 0.4) is 0 Å². The van der Waals surface area contributed by atoms with Gasteiger partial charge in [-0.25, -0.2) is 0 Å². The second-order valence-corrected chi connectivity index (χ2v) is 6.04. The van der Waals surface area contributed by atoms with Gasteiger partial charge in [-0.2, -0.15) is 0 Å². The summed E-state index contributed by atoms with van der Waals surface area (Å²) in [6.07, 6.45) is 0.741. The van der Waals surface area contributed by atoms with E-state index in [0.29, 0.717) is 5.02 Å². The Bertz CT molecular complexity index is 617. The molecular weight excluding hydrogens is 326 g/mol. The normalized spacial score (nSPS) is 21.6. The molecule has 0 radical (unpaired) electrons. The van der Waals surface area contributed by atoms with Crippen LogP contribution in [0.5, 0.6) is 5.75 Å². The second kappa shape index (κ2) is 5.16. The van der Waals surface area contributed by atoms with Crippen molar-refractivity contribution in [3.63, 3.8) is 0 Å². The molecule has 98 valence electrons. The molecule has 0 bridgehead atoms. The first-order valence-electron chi connectivity index (χ1n) is 6.10. The van der Waals surface area contributed by atoms with Gasteiger partial charge >= 0.3 is 0 Å². The van der Waals surface area contributed by atoms with Crippen LogP contribution in [0.4, 0.5) is 0 Å². The van der Waals surface area contributed by atoms with Crippen molar-refractivity contribution in [3.8, 4) is 5.75 Å². The lowest BCUT2D eigenvalue weighted by molar-refractivity contribution is 0.161. The molecule has 2 aromatic rings. The molecule has 2 aromatic carbocycles. The molecule has 4 heteroatoms. The molecule has 0 aromatic heterocycles. The highest BCUT2D eigenvalue weighted by atomic mass is 79.9. The molecule has 1 heterocycles. The van der Waals surface area contributed by atoms with Gasteiger partial charge in [-0.15, -0.1) is 0 Å². The SMILES string of the molecule is N[C@@H]1CC(c2cccc(Br)c2)Oc2ccc(Cl)cc21. The molecule has 0 amide bonds. The van der Waals surface area contributed by atoms with E-state index in [1.165, 1.54) is 0 Å². The number of ether oxygens (including phenoxy) is 1. The maximum atomic E-state index is 6.23. The number of hydrogen-bond donors (Lipinski definition) is 1. The molecule has 1 unspecified atom stereocenters. The van der Waals surface area contributed by atoms with Gasteiger partial charge in [0.2, 0.25) is 0 Å². The smallest absolute Gasteiger partial charge is 0.126 e. The summed E-state index contributed by atoms with van der Waals surface area (Å²) in [5, 5.41) is 0.693. The van der Waals surface area contributed by atoms with E-state index >= 15 is 0 Å². The van der Waals surface area contributed by atoms with Crippen LogP contribution in [0.2, 0.25) is 5.02 Å². The second-order valence-electron chi connectivity index (χ2n) is 4.69. The highest BCUT2D eigenvalue weighted by Gasteiger charge is 2.27. The minimum Gasteiger partial charge on any atom is -0.485 e. The Hall–Kier alpha value is -1.03. The molecule has 2 N–H and O–H groups in total. The summed E-state index contributed by atoms with van der Waals surface area (Å²) in [5.41, 5.74) is 8.35. The topological polar surface area (TPSA) is 35.2 Å². The monoisotopic (exact) mass is 337 g/mol. The lowest BCUT2D eigenvalue weighted by atomic mass is 9.94. The van der Waals surface area contributed by atoms with Crippen LogP contribution >= 0.6 is 27.5 Å². The van der Waals surface area contributed by atoms with Crippen LogP contribution in [0.15, 0.2) is 46.9 Å². The third-order valence-electron chi connectivity index (χ3n) is 3.33. The molecular formula is C15H13BrClNO. The van der Waals surface area contributed by atoms with Gasteiger partial charge in [0, 0.05) is 27.5 Å². The Morgan fingerprint density at radius 2 is 2.05 bits per heavy atom. The van der Waals surface area contributed by atoms with E-state index in [1.807, 2.05) is 30.3 Å². The van der Waals surface area contributed by atoms with Gasteiger partial charge in [0.1, 0.15) is 11.9 Å². The molecule has 2 atom stereocenters. The maximum Gasteiger partial charge on any atom is 0.126 e. The first-order chi connectivity index (χ1) is 9.13. The zero-order valence-electron chi connectivity index (χ0n) is 10.1. The zero-order valence-corrected chi connectivity index (χ0v) is 12.5. The molecule has 0 spiro atoms. The van der Waals surface area contributed by atoms with Gasteiger partial charge < -0.3 is 10.5 Å². The number of halogens is 2. The van der Waals surface area contributed by atoms with Crippen molar-refractivity contribution in [3.05, 3.63) is 63.1 Å². The van der Waals surface area contributed by atoms with E-state index < -0.39 is 0 Å². The average Bonchev–Trinajstić information content (AvgIpc) is 2.39. The van der Waals surface area contributed by atoms with Gasteiger partial charge in [0.15, 0.2) is 0 Å². The number of nitrogens with two attached hydrogens (primary N) is 1. The van der Waals surface area contributed by atoms with Crippen LogP contribution in [0.25, 0.3) is 0 Å². The Morgan fingerprint density at radius 1 is 1.21 bits per heavy atom. The quantitative estimate of drug-likeness (QED) is 0.823. The zero-order chi connectivity index (χ0) is 13.4. The van der Waals surface area contributed by atoms with Crippen molar-refractivity contribution in [1.29, 1.82) is 0 Å². The van der Waals surface area contributed by atoms with Gasteiger partial charge in [0.05, 0.1) is 0 Å². The minimum absolute atomic E-state index is 0.0128. The Kier molecular flexibility index (Phi) is 3.52. The molecule has 0 aliphatic carbocycles. The predicted octanol–water partition coefficient (Wildman–Crippen LogP) is 4.63. The van der Waals surface area contributed by atoms with E-state index in [1.54, 1.807) is 0 Å². The van der Waals surface area contributed by atoms with E-state index in [2.05, 4.69) is 28.1 Å². The molecule has 1 aliphatic rings. The fourth-order valence-corrected chi connectivity index (χ4v) is 2.98. The molecule has 0 fully saturated rings. The van der Waals surface area contributed by atoms with Gasteiger partial charge in [-0.05, 0) is 35.9 Å². The molecule has 0 saturated heterocycles. The maximum absolute atomic E-state index is 6.23. The molecule has 1 aliphatic heterocycles. The van der Waals surface area contributed by atoms with Crippen LogP contribution in [-0.4, -0.2) is 0 Å². The third-order valence-corrected chi connectivity index (χ3v) is 4.06. The summed E-state index contributed by atoms with van der Waals surface area (Å²) in [6, 6.07) is 13.7. The number of hydrogen-bond acceptors (Lipinski definition) is 2. The number of rotatable bonds is 1. The minimum atomic E-state index is -0.0496. The molecule has 0 saturated carbocycles. The van der Waals surface area contributed by atoms with E-state index in [4.69, 9.17) is 22.1 Å². The third kappa shape index (κ3) is 2.64. The van der Waals surface area contributed by atoms with E-state index in [9.17, 15) is 0 Å². The highest BCUT2D eigenvalue weighted by molar-refractivity contribution is 9.10. The summed E-state index contributed by atoms with van der Waals surface area (Å²) in [7, 11) is 0. The van der Waals surface area contributed by atoms with E-state index in [0.717, 1.165) is 27.8 Å². The van der Waals surface area contributed by atoms with Crippen molar-refractivity contribution >= 4 is 27.5 Å². The first-order valence-corrected chi connectivity index (χ1v) is 7.28. The molecule has 19 heavy (non-hydrogen) atoms.